The molecule has 1 unspecified atom stereocenters. The van der Waals surface area contributed by atoms with Crippen molar-refractivity contribution >= 4 is 47.7 Å². The Morgan fingerprint density at radius 1 is 1.32 bits per heavy atom. The standard InChI is InChI=1S/C22H33N6O7PS/c1-13(19(29)30)27-36(32,34-8-9-37-20(31)22(2,3)4)35-11-14-6-7-15(10-14)28-12-24-16-17(28)25-21(23)26-18(16)33-5/h6-7,12-15H,8-11H2,1-5H3,(H,27,32)(H,29,30)(H2,23,25,26)/t13-,14+,15-,36?/m0/s1. The zero-order chi connectivity index (χ0) is 27.4. The average molecular weight is 557 g/mol. The number of carboxylic acid groups (broad SMARTS) is 1. The molecule has 1 aliphatic rings. The quantitative estimate of drug-likeness (QED) is 0.197. The predicted octanol–water partition coefficient (Wildman–Crippen LogP) is 3.04. The summed E-state index contributed by atoms with van der Waals surface area (Å²) in [6, 6.07) is -1.29. The highest BCUT2D eigenvalue weighted by molar-refractivity contribution is 8.13. The fraction of sp³-hybridized carbons (Fsp3) is 0.591. The van der Waals surface area contributed by atoms with Crippen molar-refractivity contribution in [3.05, 3.63) is 18.5 Å². The first-order chi connectivity index (χ1) is 17.3. The van der Waals surface area contributed by atoms with Crippen LogP contribution >= 0.6 is 19.5 Å². The maximum Gasteiger partial charge on any atom is 0.406 e. The third-order valence-corrected chi connectivity index (χ3v) is 8.44. The maximum absolute atomic E-state index is 13.3. The molecule has 15 heteroatoms. The van der Waals surface area contributed by atoms with Crippen molar-refractivity contribution in [2.75, 3.05) is 31.8 Å². The van der Waals surface area contributed by atoms with Crippen LogP contribution < -0.4 is 15.6 Å². The van der Waals surface area contributed by atoms with Crippen LogP contribution in [0.3, 0.4) is 0 Å². The molecule has 3 rings (SSSR count). The molecule has 2 aromatic heterocycles. The summed E-state index contributed by atoms with van der Waals surface area (Å²) in [5.74, 6) is -0.747. The highest BCUT2D eigenvalue weighted by Gasteiger charge is 2.32. The number of nitrogens with two attached hydrogens (primary N) is 1. The van der Waals surface area contributed by atoms with Crippen LogP contribution in [-0.4, -0.2) is 67.8 Å². The molecule has 0 aliphatic heterocycles. The Bertz CT molecular complexity index is 1210. The second kappa shape index (κ2) is 11.9. The first-order valence-corrected chi connectivity index (χ1v) is 14.1. The molecule has 0 fully saturated rings. The number of nitrogen functional groups attached to an aromatic ring is 1. The summed E-state index contributed by atoms with van der Waals surface area (Å²) in [6.45, 7) is 6.72. The first-order valence-electron chi connectivity index (χ1n) is 11.6. The Morgan fingerprint density at radius 3 is 2.70 bits per heavy atom. The third kappa shape index (κ3) is 7.51. The van der Waals surface area contributed by atoms with Gasteiger partial charge in [-0.15, -0.1) is 0 Å². The third-order valence-electron chi connectivity index (χ3n) is 5.48. The van der Waals surface area contributed by atoms with Gasteiger partial charge in [-0.2, -0.15) is 9.97 Å². The molecular formula is C22H33N6O7PS. The number of aromatic nitrogens is 4. The number of thioether (sulfide) groups is 1. The van der Waals surface area contributed by atoms with Crippen LogP contribution in [0.2, 0.25) is 0 Å². The van der Waals surface area contributed by atoms with Crippen LogP contribution in [0.5, 0.6) is 5.88 Å². The lowest BCUT2D eigenvalue weighted by atomic mass is 10.00. The van der Waals surface area contributed by atoms with Gasteiger partial charge in [-0.25, -0.2) is 14.6 Å². The van der Waals surface area contributed by atoms with E-state index in [1.807, 2.05) is 16.7 Å². The molecule has 4 N–H and O–H groups in total. The predicted molar refractivity (Wildman–Crippen MR) is 139 cm³/mol. The summed E-state index contributed by atoms with van der Waals surface area (Å²) < 4.78 is 31.5. The van der Waals surface area contributed by atoms with E-state index in [1.165, 1.54) is 14.0 Å². The first kappa shape index (κ1) is 29.1. The molecule has 204 valence electrons. The van der Waals surface area contributed by atoms with E-state index in [4.69, 9.17) is 19.5 Å². The SMILES string of the molecule is COc1nc(N)nc2c1ncn2[C@H]1C=C[C@@H](COP(=O)(N[C@@H](C)C(=O)O)OCCSC(=O)C(C)(C)C)C1. The number of allylic oxidation sites excluding steroid dienone is 1. The van der Waals surface area contributed by atoms with Crippen molar-refractivity contribution in [1.29, 1.82) is 0 Å². The van der Waals surface area contributed by atoms with Gasteiger partial charge in [0, 0.05) is 17.1 Å². The molecule has 37 heavy (non-hydrogen) atoms. The van der Waals surface area contributed by atoms with Crippen LogP contribution in [0.4, 0.5) is 5.95 Å². The number of carbonyl (C=O) groups is 2. The molecule has 1 aliphatic carbocycles. The zero-order valence-electron chi connectivity index (χ0n) is 21.4. The van der Waals surface area contributed by atoms with E-state index in [-0.39, 0.29) is 47.9 Å². The van der Waals surface area contributed by atoms with E-state index < -0.39 is 25.2 Å². The Kier molecular flexibility index (Phi) is 9.35. The van der Waals surface area contributed by atoms with E-state index in [2.05, 4.69) is 20.0 Å². The summed E-state index contributed by atoms with van der Waals surface area (Å²) in [4.78, 5) is 36.1. The lowest BCUT2D eigenvalue weighted by molar-refractivity contribution is -0.138. The Balaban J connectivity index is 1.62. The minimum atomic E-state index is -3.98. The largest absolute Gasteiger partial charge is 0.480 e. The summed E-state index contributed by atoms with van der Waals surface area (Å²) in [5, 5.41) is 11.7. The zero-order valence-corrected chi connectivity index (χ0v) is 23.1. The summed E-state index contributed by atoms with van der Waals surface area (Å²) in [6.07, 6.45) is 6.08. The van der Waals surface area contributed by atoms with Crippen LogP contribution in [0.15, 0.2) is 18.5 Å². The molecule has 2 aromatic rings. The lowest BCUT2D eigenvalue weighted by Crippen LogP contribution is -2.33. The number of nitrogens with one attached hydrogen (secondary N) is 1. The van der Waals surface area contributed by atoms with Gasteiger partial charge in [-0.3, -0.25) is 18.6 Å². The van der Waals surface area contributed by atoms with Crippen molar-refractivity contribution in [3.63, 3.8) is 0 Å². The second-order valence-electron chi connectivity index (χ2n) is 9.56. The molecule has 0 bridgehead atoms. The minimum Gasteiger partial charge on any atom is -0.480 e. The number of aliphatic carboxylic acids is 1. The molecule has 0 spiro atoms. The number of anilines is 1. The van der Waals surface area contributed by atoms with Gasteiger partial charge in [-0.05, 0) is 13.3 Å². The molecule has 4 atom stereocenters. The minimum absolute atomic E-state index is 0.0186. The van der Waals surface area contributed by atoms with Gasteiger partial charge in [0.15, 0.2) is 16.3 Å². The van der Waals surface area contributed by atoms with E-state index in [0.29, 0.717) is 17.6 Å². The highest BCUT2D eigenvalue weighted by atomic mass is 32.2. The van der Waals surface area contributed by atoms with Crippen molar-refractivity contribution in [3.8, 4) is 5.88 Å². The molecule has 2 heterocycles. The molecule has 0 radical (unpaired) electrons. The molecule has 0 saturated carbocycles. The lowest BCUT2D eigenvalue weighted by Gasteiger charge is -2.23. The molecule has 0 aromatic carbocycles. The fourth-order valence-corrected chi connectivity index (χ4v) is 5.92. The monoisotopic (exact) mass is 556 g/mol. The number of methoxy groups -OCH3 is 1. The Labute approximate surface area is 219 Å². The van der Waals surface area contributed by atoms with Gasteiger partial charge in [-0.1, -0.05) is 44.7 Å². The number of nitrogens with zero attached hydrogens (tertiary/aromatic N) is 4. The smallest absolute Gasteiger partial charge is 0.406 e. The van der Waals surface area contributed by atoms with Gasteiger partial charge < -0.3 is 20.1 Å². The number of rotatable bonds is 12. The highest BCUT2D eigenvalue weighted by Crippen LogP contribution is 2.46. The molecule has 13 nitrogen and oxygen atoms in total. The number of fused-ring (bicyclic) bond motifs is 1. The Morgan fingerprint density at radius 2 is 2.05 bits per heavy atom. The Hall–Kier alpha value is -2.51. The van der Waals surface area contributed by atoms with Gasteiger partial charge in [0.25, 0.3) is 0 Å². The van der Waals surface area contributed by atoms with E-state index in [9.17, 15) is 19.3 Å². The van der Waals surface area contributed by atoms with Crippen LogP contribution in [0.25, 0.3) is 11.2 Å². The van der Waals surface area contributed by atoms with E-state index >= 15 is 0 Å². The van der Waals surface area contributed by atoms with Gasteiger partial charge in [0.2, 0.25) is 11.8 Å². The maximum atomic E-state index is 13.3. The van der Waals surface area contributed by atoms with Crippen LogP contribution in [0.1, 0.15) is 40.2 Å². The summed E-state index contributed by atoms with van der Waals surface area (Å²) in [7, 11) is -2.50. The van der Waals surface area contributed by atoms with Gasteiger partial charge in [0.05, 0.1) is 32.7 Å². The molecule has 0 amide bonds. The van der Waals surface area contributed by atoms with Gasteiger partial charge in [0.1, 0.15) is 6.04 Å². The average Bonchev–Trinajstić information content (AvgIpc) is 3.46. The molecule has 0 saturated heterocycles. The van der Waals surface area contributed by atoms with E-state index in [1.54, 1.807) is 27.1 Å². The normalized spacial score (nSPS) is 20.1. The van der Waals surface area contributed by atoms with E-state index in [0.717, 1.165) is 11.8 Å². The second-order valence-corrected chi connectivity index (χ2v) is 12.4. The number of carboxylic acids is 1. The number of hydrogen-bond acceptors (Lipinski definition) is 11. The van der Waals surface area contributed by atoms with Crippen molar-refractivity contribution in [1.82, 2.24) is 24.6 Å². The van der Waals surface area contributed by atoms with Gasteiger partial charge >= 0.3 is 13.7 Å². The van der Waals surface area contributed by atoms with Crippen LogP contribution in [0, 0.1) is 11.3 Å². The van der Waals surface area contributed by atoms with Crippen LogP contribution in [-0.2, 0) is 23.2 Å². The topological polar surface area (TPSA) is 181 Å². The number of ether oxygens (including phenoxy) is 1. The molecular weight excluding hydrogens is 523 g/mol. The van der Waals surface area contributed by atoms with Crippen molar-refractivity contribution in [2.45, 2.75) is 46.2 Å². The number of carbonyl (C=O) groups excluding carboxylic acids is 1. The summed E-state index contributed by atoms with van der Waals surface area (Å²) in [5.41, 5.74) is 6.29. The van der Waals surface area contributed by atoms with Crippen molar-refractivity contribution in [2.24, 2.45) is 11.3 Å². The summed E-state index contributed by atoms with van der Waals surface area (Å²) >= 11 is 1.06. The number of hydrogen-bond donors (Lipinski definition) is 3. The fourth-order valence-electron chi connectivity index (χ4n) is 3.48. The van der Waals surface area contributed by atoms with Crippen molar-refractivity contribution < 1.29 is 33.0 Å². The number of imidazole rings is 1.